The van der Waals surface area contributed by atoms with Crippen LogP contribution in [0.25, 0.3) is 10.9 Å². The Bertz CT molecular complexity index is 651. The zero-order valence-corrected chi connectivity index (χ0v) is 10.2. The van der Waals surface area contributed by atoms with Gasteiger partial charge in [0.15, 0.2) is 0 Å². The highest BCUT2D eigenvalue weighted by Gasteiger charge is 2.21. The minimum absolute atomic E-state index is 0.0609. The number of nitrogens with zero attached hydrogens (tertiary/aromatic N) is 1. The lowest BCUT2D eigenvalue weighted by Crippen LogP contribution is -2.15. The minimum atomic E-state index is -1.02. The van der Waals surface area contributed by atoms with Crippen molar-refractivity contribution in [3.05, 3.63) is 41.3 Å². The SMILES string of the molecule is O=C(O)c1cc(C2CCCN2)nc2cc(F)ccc12. The van der Waals surface area contributed by atoms with Gasteiger partial charge in [0.05, 0.1) is 16.8 Å². The topological polar surface area (TPSA) is 62.2 Å². The molecule has 1 unspecified atom stereocenters. The van der Waals surface area contributed by atoms with E-state index in [0.717, 1.165) is 19.4 Å². The number of benzene rings is 1. The minimum Gasteiger partial charge on any atom is -0.478 e. The third kappa shape index (κ3) is 2.17. The van der Waals surface area contributed by atoms with E-state index in [1.54, 1.807) is 6.07 Å². The first-order chi connectivity index (χ1) is 9.15. The largest absolute Gasteiger partial charge is 0.478 e. The number of carbonyl (C=O) groups is 1. The molecule has 1 aliphatic rings. The Balaban J connectivity index is 2.21. The Morgan fingerprint density at radius 1 is 1.42 bits per heavy atom. The van der Waals surface area contributed by atoms with Gasteiger partial charge in [-0.1, -0.05) is 0 Å². The number of aromatic nitrogens is 1. The van der Waals surface area contributed by atoms with Crippen LogP contribution >= 0.6 is 0 Å². The lowest BCUT2D eigenvalue weighted by atomic mass is 10.0. The number of aromatic carboxylic acids is 1. The monoisotopic (exact) mass is 260 g/mol. The maximum Gasteiger partial charge on any atom is 0.336 e. The van der Waals surface area contributed by atoms with E-state index in [0.29, 0.717) is 16.6 Å². The molecule has 2 aromatic rings. The molecular weight excluding hydrogens is 247 g/mol. The zero-order chi connectivity index (χ0) is 13.4. The van der Waals surface area contributed by atoms with Crippen LogP contribution in [0.15, 0.2) is 24.3 Å². The maximum absolute atomic E-state index is 13.3. The number of nitrogens with one attached hydrogen (secondary N) is 1. The summed E-state index contributed by atoms with van der Waals surface area (Å²) in [5, 5.41) is 13.0. The van der Waals surface area contributed by atoms with E-state index in [1.807, 2.05) is 0 Å². The Hall–Kier alpha value is -2.01. The van der Waals surface area contributed by atoms with Crippen molar-refractivity contribution in [2.24, 2.45) is 0 Å². The van der Waals surface area contributed by atoms with Crippen LogP contribution in [-0.2, 0) is 0 Å². The second kappa shape index (κ2) is 4.59. The van der Waals surface area contributed by atoms with E-state index in [2.05, 4.69) is 10.3 Å². The quantitative estimate of drug-likeness (QED) is 0.870. The molecule has 1 atom stereocenters. The van der Waals surface area contributed by atoms with Crippen LogP contribution in [0.2, 0.25) is 0 Å². The molecular formula is C14H13FN2O2. The normalized spacial score (nSPS) is 18.9. The van der Waals surface area contributed by atoms with E-state index in [4.69, 9.17) is 0 Å². The molecule has 0 aliphatic carbocycles. The molecule has 1 fully saturated rings. The fraction of sp³-hybridized carbons (Fsp3) is 0.286. The third-order valence-corrected chi connectivity index (χ3v) is 3.44. The van der Waals surface area contributed by atoms with E-state index in [1.165, 1.54) is 18.2 Å². The van der Waals surface area contributed by atoms with Crippen LogP contribution in [0.3, 0.4) is 0 Å². The summed E-state index contributed by atoms with van der Waals surface area (Å²) >= 11 is 0. The van der Waals surface area contributed by atoms with Gasteiger partial charge >= 0.3 is 5.97 Å². The van der Waals surface area contributed by atoms with Crippen LogP contribution in [0.1, 0.15) is 34.9 Å². The average Bonchev–Trinajstić information content (AvgIpc) is 2.90. The molecule has 2 N–H and O–H groups in total. The summed E-state index contributed by atoms with van der Waals surface area (Å²) in [5.74, 6) is -1.42. The standard InChI is InChI=1S/C14H13FN2O2/c15-8-3-4-9-10(14(18)19)7-13(17-12(9)6-8)11-2-1-5-16-11/h3-4,6-7,11,16H,1-2,5H2,(H,18,19). The van der Waals surface area contributed by atoms with Gasteiger partial charge in [-0.05, 0) is 37.6 Å². The lowest BCUT2D eigenvalue weighted by Gasteiger charge is -2.12. The first-order valence-electron chi connectivity index (χ1n) is 6.22. The first-order valence-corrected chi connectivity index (χ1v) is 6.22. The highest BCUT2D eigenvalue weighted by molar-refractivity contribution is 6.02. The van der Waals surface area contributed by atoms with Crippen LogP contribution in [0.4, 0.5) is 4.39 Å². The Morgan fingerprint density at radius 2 is 2.26 bits per heavy atom. The molecule has 1 aliphatic heterocycles. The predicted molar refractivity (Wildman–Crippen MR) is 68.6 cm³/mol. The maximum atomic E-state index is 13.3. The summed E-state index contributed by atoms with van der Waals surface area (Å²) in [7, 11) is 0. The van der Waals surface area contributed by atoms with Crippen LogP contribution in [0, 0.1) is 5.82 Å². The fourth-order valence-electron chi connectivity index (χ4n) is 2.51. The summed E-state index contributed by atoms with van der Waals surface area (Å²) in [6.07, 6.45) is 1.96. The molecule has 19 heavy (non-hydrogen) atoms. The van der Waals surface area contributed by atoms with E-state index in [-0.39, 0.29) is 11.6 Å². The second-order valence-corrected chi connectivity index (χ2v) is 4.71. The number of carboxylic acid groups (broad SMARTS) is 1. The predicted octanol–water partition coefficient (Wildman–Crippen LogP) is 2.50. The van der Waals surface area contributed by atoms with Crippen molar-refractivity contribution in [3.63, 3.8) is 0 Å². The highest BCUT2D eigenvalue weighted by atomic mass is 19.1. The average molecular weight is 260 g/mol. The number of rotatable bonds is 2. The Kier molecular flexibility index (Phi) is 2.91. The number of hydrogen-bond acceptors (Lipinski definition) is 3. The molecule has 3 rings (SSSR count). The summed E-state index contributed by atoms with van der Waals surface area (Å²) in [6, 6.07) is 5.65. The number of pyridine rings is 1. The van der Waals surface area contributed by atoms with Crippen molar-refractivity contribution < 1.29 is 14.3 Å². The second-order valence-electron chi connectivity index (χ2n) is 4.71. The third-order valence-electron chi connectivity index (χ3n) is 3.44. The van der Waals surface area contributed by atoms with E-state index < -0.39 is 11.8 Å². The lowest BCUT2D eigenvalue weighted by molar-refractivity contribution is 0.0699. The molecule has 98 valence electrons. The number of halogens is 1. The van der Waals surface area contributed by atoms with Crippen molar-refractivity contribution >= 4 is 16.9 Å². The molecule has 0 amide bonds. The zero-order valence-electron chi connectivity index (χ0n) is 10.2. The number of carboxylic acids is 1. The van der Waals surface area contributed by atoms with Crippen LogP contribution in [-0.4, -0.2) is 22.6 Å². The first kappa shape index (κ1) is 12.0. The van der Waals surface area contributed by atoms with Gasteiger partial charge in [-0.15, -0.1) is 0 Å². The number of hydrogen-bond donors (Lipinski definition) is 2. The molecule has 2 heterocycles. The van der Waals surface area contributed by atoms with Crippen molar-refractivity contribution in [1.29, 1.82) is 0 Å². The van der Waals surface area contributed by atoms with Gasteiger partial charge in [-0.25, -0.2) is 9.18 Å². The van der Waals surface area contributed by atoms with Gasteiger partial charge in [-0.3, -0.25) is 4.98 Å². The molecule has 1 saturated heterocycles. The van der Waals surface area contributed by atoms with Gasteiger partial charge in [0, 0.05) is 17.5 Å². The molecule has 1 aromatic carbocycles. The molecule has 5 heteroatoms. The summed E-state index contributed by atoms with van der Waals surface area (Å²) in [4.78, 5) is 15.7. The Labute approximate surface area is 109 Å². The van der Waals surface area contributed by atoms with Gasteiger partial charge in [0.2, 0.25) is 0 Å². The summed E-state index contributed by atoms with van der Waals surface area (Å²) < 4.78 is 13.3. The highest BCUT2D eigenvalue weighted by Crippen LogP contribution is 2.26. The van der Waals surface area contributed by atoms with Gasteiger partial charge in [0.1, 0.15) is 5.82 Å². The summed E-state index contributed by atoms with van der Waals surface area (Å²) in [5.41, 5.74) is 1.24. The van der Waals surface area contributed by atoms with Crippen molar-refractivity contribution in [2.45, 2.75) is 18.9 Å². The van der Waals surface area contributed by atoms with E-state index >= 15 is 0 Å². The van der Waals surface area contributed by atoms with Gasteiger partial charge in [0.25, 0.3) is 0 Å². The van der Waals surface area contributed by atoms with Crippen molar-refractivity contribution in [1.82, 2.24) is 10.3 Å². The van der Waals surface area contributed by atoms with Gasteiger partial charge in [-0.2, -0.15) is 0 Å². The van der Waals surface area contributed by atoms with Gasteiger partial charge < -0.3 is 10.4 Å². The molecule has 0 spiro atoms. The van der Waals surface area contributed by atoms with Crippen LogP contribution in [0.5, 0.6) is 0 Å². The number of fused-ring (bicyclic) bond motifs is 1. The Morgan fingerprint density at radius 3 is 2.95 bits per heavy atom. The molecule has 0 radical (unpaired) electrons. The van der Waals surface area contributed by atoms with Crippen molar-refractivity contribution in [3.8, 4) is 0 Å². The smallest absolute Gasteiger partial charge is 0.336 e. The molecule has 0 saturated carbocycles. The van der Waals surface area contributed by atoms with Crippen LogP contribution < -0.4 is 5.32 Å². The molecule has 0 bridgehead atoms. The molecule has 4 nitrogen and oxygen atoms in total. The summed E-state index contributed by atoms with van der Waals surface area (Å²) in [6.45, 7) is 0.899. The molecule has 1 aromatic heterocycles. The van der Waals surface area contributed by atoms with Crippen molar-refractivity contribution in [2.75, 3.05) is 6.54 Å². The fourth-order valence-corrected chi connectivity index (χ4v) is 2.51. The van der Waals surface area contributed by atoms with E-state index in [9.17, 15) is 14.3 Å².